The lowest BCUT2D eigenvalue weighted by atomic mass is 9.84. The third-order valence-electron chi connectivity index (χ3n) is 5.54. The van der Waals surface area contributed by atoms with E-state index in [9.17, 15) is 5.11 Å². The zero-order valence-electron chi connectivity index (χ0n) is 17.8. The number of aromatic hydroxyl groups is 1. The molecule has 0 heterocycles. The molecule has 0 atom stereocenters. The van der Waals surface area contributed by atoms with Gasteiger partial charge in [0.05, 0.1) is 0 Å². The molecule has 1 aromatic rings. The number of hydrogen-bond acceptors (Lipinski definition) is 1. The van der Waals surface area contributed by atoms with Crippen LogP contribution in [-0.2, 0) is 12.8 Å². The number of aryl methyl sites for hydroxylation is 2. The van der Waals surface area contributed by atoms with E-state index in [0.29, 0.717) is 16.6 Å². The molecular formula is C24H42O. The third kappa shape index (κ3) is 9.92. The molecule has 0 saturated heterocycles. The van der Waals surface area contributed by atoms with E-state index in [1.165, 1.54) is 56.9 Å². The minimum atomic E-state index is 0.437. The zero-order valence-corrected chi connectivity index (χ0v) is 17.8. The molecule has 0 aliphatic rings. The Morgan fingerprint density at radius 2 is 1.44 bits per heavy atom. The molecule has 0 saturated carbocycles. The van der Waals surface area contributed by atoms with Gasteiger partial charge >= 0.3 is 0 Å². The lowest BCUT2D eigenvalue weighted by molar-refractivity contribution is 0.308. The maximum absolute atomic E-state index is 10.1. The number of unbranched alkanes of at least 4 members (excludes halogenated alkanes) is 3. The topological polar surface area (TPSA) is 20.2 Å². The summed E-state index contributed by atoms with van der Waals surface area (Å²) in [5, 5.41) is 10.1. The van der Waals surface area contributed by atoms with Crippen molar-refractivity contribution in [2.75, 3.05) is 0 Å². The van der Waals surface area contributed by atoms with Crippen molar-refractivity contribution in [3.05, 3.63) is 29.3 Å². The standard InChI is InChI=1S/C24H42O/c1-7-24(5,6)18-11-8-9-14-21-19-20(15-16-22(21)25)13-10-12-17-23(2,3)4/h15-16,19,25H,7-14,17-18H2,1-6H3. The molecule has 0 fully saturated rings. The lowest BCUT2D eigenvalue weighted by Gasteiger charge is -2.22. The maximum Gasteiger partial charge on any atom is 0.118 e. The smallest absolute Gasteiger partial charge is 0.118 e. The van der Waals surface area contributed by atoms with Crippen LogP contribution in [0.1, 0.15) is 104 Å². The number of phenols is 1. The number of phenolic OH excluding ortho intramolecular Hbond substituents is 1. The van der Waals surface area contributed by atoms with E-state index >= 15 is 0 Å². The molecule has 144 valence electrons. The van der Waals surface area contributed by atoms with Crippen molar-refractivity contribution < 1.29 is 5.11 Å². The summed E-state index contributed by atoms with van der Waals surface area (Å²) >= 11 is 0. The fourth-order valence-electron chi connectivity index (χ4n) is 3.25. The van der Waals surface area contributed by atoms with Crippen molar-refractivity contribution in [3.8, 4) is 5.75 Å². The average Bonchev–Trinajstić information content (AvgIpc) is 2.52. The lowest BCUT2D eigenvalue weighted by Crippen LogP contribution is -2.08. The highest BCUT2D eigenvalue weighted by molar-refractivity contribution is 5.36. The van der Waals surface area contributed by atoms with Gasteiger partial charge in [0.1, 0.15) is 5.75 Å². The van der Waals surface area contributed by atoms with Crippen molar-refractivity contribution in [1.82, 2.24) is 0 Å². The first-order valence-corrected chi connectivity index (χ1v) is 10.4. The Balaban J connectivity index is 2.37. The molecule has 1 N–H and O–H groups in total. The predicted octanol–water partition coefficient (Wildman–Crippen LogP) is 7.69. The van der Waals surface area contributed by atoms with E-state index in [4.69, 9.17) is 0 Å². The van der Waals surface area contributed by atoms with E-state index in [0.717, 1.165) is 18.4 Å². The Kier molecular flexibility index (Phi) is 9.03. The van der Waals surface area contributed by atoms with Crippen LogP contribution in [0, 0.1) is 10.8 Å². The van der Waals surface area contributed by atoms with Gasteiger partial charge in [0.2, 0.25) is 0 Å². The summed E-state index contributed by atoms with van der Waals surface area (Å²) in [5.41, 5.74) is 3.44. The van der Waals surface area contributed by atoms with Crippen LogP contribution in [0.3, 0.4) is 0 Å². The van der Waals surface area contributed by atoms with Crippen molar-refractivity contribution in [1.29, 1.82) is 0 Å². The van der Waals surface area contributed by atoms with Gasteiger partial charge in [-0.3, -0.25) is 0 Å². The summed E-state index contributed by atoms with van der Waals surface area (Å²) in [6.45, 7) is 13.9. The van der Waals surface area contributed by atoms with Crippen LogP contribution in [0.5, 0.6) is 5.75 Å². The summed E-state index contributed by atoms with van der Waals surface area (Å²) in [6, 6.07) is 6.23. The van der Waals surface area contributed by atoms with Crippen LogP contribution < -0.4 is 0 Å². The zero-order chi connectivity index (χ0) is 18.9. The fourth-order valence-corrected chi connectivity index (χ4v) is 3.25. The molecule has 0 unspecified atom stereocenters. The molecule has 1 rings (SSSR count). The highest BCUT2D eigenvalue weighted by Gasteiger charge is 2.14. The summed E-state index contributed by atoms with van der Waals surface area (Å²) in [6.07, 6.45) is 12.3. The Hall–Kier alpha value is -0.980. The van der Waals surface area contributed by atoms with Crippen LogP contribution in [0.25, 0.3) is 0 Å². The molecule has 0 amide bonds. The molecule has 1 nitrogen and oxygen atoms in total. The molecule has 0 aromatic heterocycles. The minimum absolute atomic E-state index is 0.437. The van der Waals surface area contributed by atoms with Crippen molar-refractivity contribution >= 4 is 0 Å². The summed E-state index contributed by atoms with van der Waals surface area (Å²) < 4.78 is 0. The van der Waals surface area contributed by atoms with E-state index in [-0.39, 0.29) is 0 Å². The van der Waals surface area contributed by atoms with Crippen LogP contribution >= 0.6 is 0 Å². The molecule has 0 radical (unpaired) electrons. The maximum atomic E-state index is 10.1. The van der Waals surface area contributed by atoms with Gasteiger partial charge in [0.15, 0.2) is 0 Å². The Bertz CT molecular complexity index is 493. The van der Waals surface area contributed by atoms with Crippen LogP contribution in [0.2, 0.25) is 0 Å². The molecule has 0 spiro atoms. The van der Waals surface area contributed by atoms with E-state index in [2.05, 4.69) is 53.7 Å². The second-order valence-electron chi connectivity index (χ2n) is 9.81. The highest BCUT2D eigenvalue weighted by Crippen LogP contribution is 2.28. The van der Waals surface area contributed by atoms with Gasteiger partial charge in [0.25, 0.3) is 0 Å². The molecule has 0 bridgehead atoms. The Morgan fingerprint density at radius 1 is 0.800 bits per heavy atom. The molecule has 0 aliphatic carbocycles. The predicted molar refractivity (Wildman–Crippen MR) is 111 cm³/mol. The van der Waals surface area contributed by atoms with Gasteiger partial charge in [-0.05, 0) is 66.5 Å². The summed E-state index contributed by atoms with van der Waals surface area (Å²) in [4.78, 5) is 0. The quantitative estimate of drug-likeness (QED) is 0.407. The van der Waals surface area contributed by atoms with Crippen molar-refractivity contribution in [2.45, 2.75) is 106 Å². The molecule has 0 aliphatic heterocycles. The molecule has 1 aromatic carbocycles. The van der Waals surface area contributed by atoms with Gasteiger partial charge in [-0.1, -0.05) is 79.4 Å². The number of benzene rings is 1. The van der Waals surface area contributed by atoms with E-state index in [1.807, 2.05) is 6.07 Å². The molecule has 1 heteroatoms. The fraction of sp³-hybridized carbons (Fsp3) is 0.750. The normalized spacial score (nSPS) is 12.6. The Morgan fingerprint density at radius 3 is 2.08 bits per heavy atom. The van der Waals surface area contributed by atoms with Gasteiger partial charge in [-0.2, -0.15) is 0 Å². The Labute approximate surface area is 157 Å². The largest absolute Gasteiger partial charge is 0.508 e. The third-order valence-corrected chi connectivity index (χ3v) is 5.54. The van der Waals surface area contributed by atoms with Gasteiger partial charge in [-0.15, -0.1) is 0 Å². The van der Waals surface area contributed by atoms with E-state index in [1.54, 1.807) is 0 Å². The average molecular weight is 347 g/mol. The first-order chi connectivity index (χ1) is 11.6. The molecular weight excluding hydrogens is 304 g/mol. The second kappa shape index (κ2) is 10.2. The number of rotatable bonds is 11. The molecule has 25 heavy (non-hydrogen) atoms. The first kappa shape index (κ1) is 22.1. The SMILES string of the molecule is CCC(C)(C)CCCCCc1cc(CCCCC(C)(C)C)ccc1O. The second-order valence-corrected chi connectivity index (χ2v) is 9.81. The van der Waals surface area contributed by atoms with E-state index < -0.39 is 0 Å². The summed E-state index contributed by atoms with van der Waals surface area (Å²) in [5.74, 6) is 0.479. The van der Waals surface area contributed by atoms with Crippen molar-refractivity contribution in [3.63, 3.8) is 0 Å². The van der Waals surface area contributed by atoms with Crippen LogP contribution in [0.4, 0.5) is 0 Å². The summed E-state index contributed by atoms with van der Waals surface area (Å²) in [7, 11) is 0. The minimum Gasteiger partial charge on any atom is -0.508 e. The van der Waals surface area contributed by atoms with Crippen LogP contribution in [-0.4, -0.2) is 5.11 Å². The van der Waals surface area contributed by atoms with Crippen molar-refractivity contribution in [2.24, 2.45) is 10.8 Å². The van der Waals surface area contributed by atoms with Gasteiger partial charge in [0, 0.05) is 0 Å². The number of hydrogen-bond donors (Lipinski definition) is 1. The highest BCUT2D eigenvalue weighted by atomic mass is 16.3. The van der Waals surface area contributed by atoms with Crippen LogP contribution in [0.15, 0.2) is 18.2 Å². The monoisotopic (exact) mass is 346 g/mol. The van der Waals surface area contributed by atoms with Gasteiger partial charge < -0.3 is 5.11 Å². The van der Waals surface area contributed by atoms with Gasteiger partial charge in [-0.25, -0.2) is 0 Å². The first-order valence-electron chi connectivity index (χ1n) is 10.4.